The quantitative estimate of drug-likeness (QED) is 0.723. The van der Waals surface area contributed by atoms with Gasteiger partial charge in [0.2, 0.25) is 0 Å². The average Bonchev–Trinajstić information content (AvgIpc) is 2.96. The summed E-state index contributed by atoms with van der Waals surface area (Å²) in [4.78, 5) is 12.6. The van der Waals surface area contributed by atoms with E-state index < -0.39 is 0 Å². The maximum Gasteiger partial charge on any atom is 0.258 e. The van der Waals surface area contributed by atoms with E-state index in [4.69, 9.17) is 18.9 Å². The highest BCUT2D eigenvalue weighted by molar-refractivity contribution is 5.78. The Kier molecular flexibility index (Phi) is 7.22. The summed E-state index contributed by atoms with van der Waals surface area (Å²) in [6.07, 6.45) is 0.856. The van der Waals surface area contributed by atoms with Crippen LogP contribution in [0.2, 0.25) is 0 Å². The molecule has 6 heteroatoms. The van der Waals surface area contributed by atoms with Gasteiger partial charge in [0.05, 0.1) is 25.9 Å². The minimum absolute atomic E-state index is 0.0855. The van der Waals surface area contributed by atoms with E-state index in [2.05, 4.69) is 19.2 Å². The molecule has 2 aromatic carbocycles. The topological polar surface area (TPSA) is 66.0 Å². The fraction of sp³-hybridized carbons (Fsp3) is 0.435. The second-order valence-electron chi connectivity index (χ2n) is 7.21. The second-order valence-corrected chi connectivity index (χ2v) is 7.21. The Hall–Kier alpha value is -2.89. The summed E-state index contributed by atoms with van der Waals surface area (Å²) >= 11 is 0. The molecule has 0 bridgehead atoms. The monoisotopic (exact) mass is 399 g/mol. The van der Waals surface area contributed by atoms with Crippen LogP contribution in [0.4, 0.5) is 0 Å². The van der Waals surface area contributed by atoms with Crippen molar-refractivity contribution in [3.8, 4) is 23.0 Å². The summed E-state index contributed by atoms with van der Waals surface area (Å²) < 4.78 is 22.7. The number of hydrogen-bond acceptors (Lipinski definition) is 5. The first-order valence-corrected chi connectivity index (χ1v) is 10.1. The molecule has 6 nitrogen and oxygen atoms in total. The van der Waals surface area contributed by atoms with Crippen LogP contribution in [0.1, 0.15) is 38.8 Å². The Morgan fingerprint density at radius 1 is 1.03 bits per heavy atom. The van der Waals surface area contributed by atoms with Crippen LogP contribution < -0.4 is 24.3 Å². The Bertz CT molecular complexity index is 821. The van der Waals surface area contributed by atoms with Gasteiger partial charge in [0.1, 0.15) is 0 Å². The van der Waals surface area contributed by atoms with E-state index in [0.717, 1.165) is 23.5 Å². The molecule has 1 aliphatic rings. The van der Waals surface area contributed by atoms with Crippen LogP contribution in [0.5, 0.6) is 23.0 Å². The van der Waals surface area contributed by atoms with Crippen molar-refractivity contribution in [2.75, 3.05) is 26.4 Å². The Labute approximate surface area is 172 Å². The number of carbonyl (C=O) groups is 1. The van der Waals surface area contributed by atoms with Crippen LogP contribution in [0.25, 0.3) is 0 Å². The molecule has 1 N–H and O–H groups in total. The van der Waals surface area contributed by atoms with Gasteiger partial charge in [-0.25, -0.2) is 0 Å². The molecule has 0 saturated carbocycles. The van der Waals surface area contributed by atoms with E-state index in [1.54, 1.807) is 6.07 Å². The van der Waals surface area contributed by atoms with Crippen molar-refractivity contribution in [2.24, 2.45) is 5.92 Å². The number of hydrogen-bond donors (Lipinski definition) is 1. The SMILES string of the molecule is CCOc1ccccc1OCC(=O)NC(c1ccc2c(c1)OCCCO2)C(C)C. The molecular weight excluding hydrogens is 370 g/mol. The molecule has 2 aromatic rings. The highest BCUT2D eigenvalue weighted by atomic mass is 16.5. The zero-order chi connectivity index (χ0) is 20.6. The molecule has 29 heavy (non-hydrogen) atoms. The third-order valence-electron chi connectivity index (χ3n) is 4.62. The first-order valence-electron chi connectivity index (χ1n) is 10.1. The van der Waals surface area contributed by atoms with Crippen molar-refractivity contribution in [1.82, 2.24) is 5.32 Å². The molecule has 0 aromatic heterocycles. The lowest BCUT2D eigenvalue weighted by Crippen LogP contribution is -2.35. The number of benzene rings is 2. The summed E-state index contributed by atoms with van der Waals surface area (Å²) in [5.41, 5.74) is 0.979. The Morgan fingerprint density at radius 2 is 1.72 bits per heavy atom. The number of fused-ring (bicyclic) bond motifs is 1. The third-order valence-corrected chi connectivity index (χ3v) is 4.62. The average molecular weight is 399 g/mol. The molecule has 0 radical (unpaired) electrons. The standard InChI is InChI=1S/C23H29NO5/c1-4-26-18-8-5-6-9-19(18)29-15-22(25)24-23(16(2)3)17-10-11-20-21(14-17)28-13-7-12-27-20/h5-6,8-11,14,16,23H,4,7,12-13,15H2,1-3H3,(H,24,25). The van der Waals surface area contributed by atoms with Crippen molar-refractivity contribution in [1.29, 1.82) is 0 Å². The van der Waals surface area contributed by atoms with Crippen LogP contribution in [-0.2, 0) is 4.79 Å². The molecule has 156 valence electrons. The van der Waals surface area contributed by atoms with Crippen molar-refractivity contribution in [3.63, 3.8) is 0 Å². The van der Waals surface area contributed by atoms with Crippen LogP contribution in [-0.4, -0.2) is 32.3 Å². The van der Waals surface area contributed by atoms with Crippen molar-refractivity contribution in [3.05, 3.63) is 48.0 Å². The van der Waals surface area contributed by atoms with E-state index in [-0.39, 0.29) is 24.5 Å². The normalized spacial score (nSPS) is 14.1. The van der Waals surface area contributed by atoms with E-state index >= 15 is 0 Å². The van der Waals surface area contributed by atoms with Crippen molar-refractivity contribution >= 4 is 5.91 Å². The lowest BCUT2D eigenvalue weighted by atomic mass is 9.95. The number of carbonyl (C=O) groups excluding carboxylic acids is 1. The van der Waals surface area contributed by atoms with Crippen LogP contribution in [0, 0.1) is 5.92 Å². The van der Waals surface area contributed by atoms with E-state index in [1.807, 2.05) is 43.3 Å². The Morgan fingerprint density at radius 3 is 2.41 bits per heavy atom. The zero-order valence-electron chi connectivity index (χ0n) is 17.3. The summed E-state index contributed by atoms with van der Waals surface area (Å²) in [6, 6.07) is 13.0. The Balaban J connectivity index is 1.66. The summed E-state index contributed by atoms with van der Waals surface area (Å²) in [5, 5.41) is 3.08. The predicted octanol–water partition coefficient (Wildman–Crippen LogP) is 4.14. The molecule has 1 aliphatic heterocycles. The maximum absolute atomic E-state index is 12.6. The number of amides is 1. The summed E-state index contributed by atoms with van der Waals surface area (Å²) in [6.45, 7) is 7.77. The van der Waals surface area contributed by atoms with E-state index in [1.165, 1.54) is 0 Å². The number of ether oxygens (including phenoxy) is 4. The number of rotatable bonds is 8. The molecule has 1 heterocycles. The summed E-state index contributed by atoms with van der Waals surface area (Å²) in [7, 11) is 0. The van der Waals surface area contributed by atoms with Gasteiger partial charge >= 0.3 is 0 Å². The van der Waals surface area contributed by atoms with Gasteiger partial charge in [-0.05, 0) is 42.7 Å². The molecule has 1 amide bonds. The molecule has 0 aliphatic carbocycles. The molecule has 1 atom stereocenters. The van der Waals surface area contributed by atoms with Gasteiger partial charge in [-0.1, -0.05) is 32.0 Å². The fourth-order valence-corrected chi connectivity index (χ4v) is 3.21. The minimum atomic E-state index is -0.192. The van der Waals surface area contributed by atoms with E-state index in [0.29, 0.717) is 31.3 Å². The van der Waals surface area contributed by atoms with Crippen molar-refractivity contribution in [2.45, 2.75) is 33.2 Å². The third kappa shape index (κ3) is 5.56. The lowest BCUT2D eigenvalue weighted by Gasteiger charge is -2.24. The molecule has 0 spiro atoms. The van der Waals surface area contributed by atoms with Crippen LogP contribution >= 0.6 is 0 Å². The fourth-order valence-electron chi connectivity index (χ4n) is 3.21. The first kappa shape index (κ1) is 20.8. The highest BCUT2D eigenvalue weighted by Crippen LogP contribution is 2.34. The maximum atomic E-state index is 12.6. The molecule has 0 fully saturated rings. The van der Waals surface area contributed by atoms with Gasteiger partial charge in [-0.3, -0.25) is 4.79 Å². The molecule has 3 rings (SSSR count). The predicted molar refractivity (Wildman–Crippen MR) is 111 cm³/mol. The van der Waals surface area contributed by atoms with Crippen LogP contribution in [0.15, 0.2) is 42.5 Å². The van der Waals surface area contributed by atoms with Gasteiger partial charge < -0.3 is 24.3 Å². The van der Waals surface area contributed by atoms with Gasteiger partial charge in [-0.15, -0.1) is 0 Å². The minimum Gasteiger partial charge on any atom is -0.490 e. The highest BCUT2D eigenvalue weighted by Gasteiger charge is 2.21. The number of para-hydroxylation sites is 2. The van der Waals surface area contributed by atoms with Gasteiger partial charge in [0.25, 0.3) is 5.91 Å². The molecular formula is C23H29NO5. The smallest absolute Gasteiger partial charge is 0.258 e. The largest absolute Gasteiger partial charge is 0.490 e. The van der Waals surface area contributed by atoms with Crippen LogP contribution in [0.3, 0.4) is 0 Å². The second kappa shape index (κ2) is 10.0. The van der Waals surface area contributed by atoms with E-state index in [9.17, 15) is 4.79 Å². The van der Waals surface area contributed by atoms with Gasteiger partial charge in [0, 0.05) is 6.42 Å². The number of nitrogens with one attached hydrogen (secondary N) is 1. The molecule has 0 saturated heterocycles. The van der Waals surface area contributed by atoms with Gasteiger partial charge in [-0.2, -0.15) is 0 Å². The van der Waals surface area contributed by atoms with Crippen molar-refractivity contribution < 1.29 is 23.7 Å². The van der Waals surface area contributed by atoms with Gasteiger partial charge in [0.15, 0.2) is 29.6 Å². The molecule has 1 unspecified atom stereocenters. The summed E-state index contributed by atoms with van der Waals surface area (Å²) in [5.74, 6) is 2.66. The zero-order valence-corrected chi connectivity index (χ0v) is 17.3. The first-order chi connectivity index (χ1) is 14.1. The lowest BCUT2D eigenvalue weighted by molar-refractivity contribution is -0.124.